The van der Waals surface area contributed by atoms with Gasteiger partial charge in [-0.3, -0.25) is 9.78 Å². The zero-order valence-electron chi connectivity index (χ0n) is 10.7. The standard InChI is InChI=1S/C14H16N2O2S/c1-10-3-2-6-16-13(10)9-15-8-12-5-4-11(19-12)7-14(17)18/h2-6,15H,7-9H2,1H3,(H,17,18). The third kappa shape index (κ3) is 4.15. The van der Waals surface area contributed by atoms with Crippen molar-refractivity contribution in [2.24, 2.45) is 0 Å². The van der Waals surface area contributed by atoms with Crippen LogP contribution in [0.25, 0.3) is 0 Å². The number of nitrogens with zero attached hydrogens (tertiary/aromatic N) is 1. The van der Waals surface area contributed by atoms with Crippen molar-refractivity contribution in [3.05, 3.63) is 51.5 Å². The van der Waals surface area contributed by atoms with E-state index < -0.39 is 5.97 Å². The number of aliphatic carboxylic acids is 1. The van der Waals surface area contributed by atoms with Crippen LogP contribution in [-0.4, -0.2) is 16.1 Å². The molecule has 2 aromatic rings. The summed E-state index contributed by atoms with van der Waals surface area (Å²) >= 11 is 1.54. The maximum absolute atomic E-state index is 10.6. The summed E-state index contributed by atoms with van der Waals surface area (Å²) in [6.07, 6.45) is 1.89. The van der Waals surface area contributed by atoms with E-state index in [1.807, 2.05) is 31.2 Å². The summed E-state index contributed by atoms with van der Waals surface area (Å²) in [6.45, 7) is 3.50. The van der Waals surface area contributed by atoms with Crippen LogP contribution in [0, 0.1) is 6.92 Å². The Morgan fingerprint density at radius 3 is 2.84 bits per heavy atom. The molecule has 2 heterocycles. The van der Waals surface area contributed by atoms with Crippen LogP contribution in [0.4, 0.5) is 0 Å². The van der Waals surface area contributed by atoms with Gasteiger partial charge in [-0.05, 0) is 30.7 Å². The molecular formula is C14H16N2O2S. The quantitative estimate of drug-likeness (QED) is 0.850. The maximum atomic E-state index is 10.6. The predicted octanol–water partition coefficient (Wildman–Crippen LogP) is 2.37. The van der Waals surface area contributed by atoms with Crippen LogP contribution in [0.3, 0.4) is 0 Å². The minimum Gasteiger partial charge on any atom is -0.481 e. The highest BCUT2D eigenvalue weighted by Gasteiger charge is 2.05. The number of carbonyl (C=O) groups is 1. The highest BCUT2D eigenvalue weighted by atomic mass is 32.1. The first-order valence-electron chi connectivity index (χ1n) is 6.06. The summed E-state index contributed by atoms with van der Waals surface area (Å²) in [4.78, 5) is 16.9. The Hall–Kier alpha value is -1.72. The van der Waals surface area contributed by atoms with E-state index in [0.717, 1.165) is 28.5 Å². The number of pyridine rings is 1. The summed E-state index contributed by atoms with van der Waals surface area (Å²) in [5.41, 5.74) is 2.22. The fraction of sp³-hybridized carbons (Fsp3) is 0.286. The van der Waals surface area contributed by atoms with E-state index in [1.165, 1.54) is 16.9 Å². The van der Waals surface area contributed by atoms with Crippen molar-refractivity contribution in [2.45, 2.75) is 26.4 Å². The summed E-state index contributed by atoms with van der Waals surface area (Å²) in [6, 6.07) is 7.82. The number of hydrogen-bond acceptors (Lipinski definition) is 4. The van der Waals surface area contributed by atoms with Crippen LogP contribution in [-0.2, 0) is 24.3 Å². The van der Waals surface area contributed by atoms with Crippen molar-refractivity contribution >= 4 is 17.3 Å². The molecule has 5 heteroatoms. The molecule has 0 aromatic carbocycles. The molecule has 0 spiro atoms. The van der Waals surface area contributed by atoms with Gasteiger partial charge in [0.25, 0.3) is 0 Å². The number of rotatable bonds is 6. The van der Waals surface area contributed by atoms with Crippen LogP contribution in [0.2, 0.25) is 0 Å². The Morgan fingerprint density at radius 2 is 2.11 bits per heavy atom. The fourth-order valence-corrected chi connectivity index (χ4v) is 2.75. The lowest BCUT2D eigenvalue weighted by Gasteiger charge is -2.05. The van der Waals surface area contributed by atoms with E-state index in [2.05, 4.69) is 10.3 Å². The minimum absolute atomic E-state index is 0.101. The van der Waals surface area contributed by atoms with Crippen LogP contribution >= 0.6 is 11.3 Å². The molecule has 0 unspecified atom stereocenters. The van der Waals surface area contributed by atoms with Gasteiger partial charge in [-0.1, -0.05) is 6.07 Å². The topological polar surface area (TPSA) is 62.2 Å². The molecule has 0 aliphatic rings. The summed E-state index contributed by atoms with van der Waals surface area (Å²) in [5, 5.41) is 12.0. The number of aryl methyl sites for hydroxylation is 1. The fourth-order valence-electron chi connectivity index (χ4n) is 1.77. The Morgan fingerprint density at radius 1 is 1.32 bits per heavy atom. The van der Waals surface area contributed by atoms with Gasteiger partial charge in [-0.2, -0.15) is 0 Å². The Kier molecular flexibility index (Phi) is 4.65. The average molecular weight is 276 g/mol. The van der Waals surface area contributed by atoms with E-state index in [4.69, 9.17) is 5.11 Å². The minimum atomic E-state index is -0.787. The van der Waals surface area contributed by atoms with Gasteiger partial charge in [0.05, 0.1) is 12.1 Å². The van der Waals surface area contributed by atoms with E-state index >= 15 is 0 Å². The smallest absolute Gasteiger partial charge is 0.308 e. The monoisotopic (exact) mass is 276 g/mol. The molecule has 0 saturated carbocycles. The van der Waals surface area contributed by atoms with E-state index in [-0.39, 0.29) is 6.42 Å². The molecule has 19 heavy (non-hydrogen) atoms. The maximum Gasteiger partial charge on any atom is 0.308 e. The lowest BCUT2D eigenvalue weighted by atomic mass is 10.2. The average Bonchev–Trinajstić information content (AvgIpc) is 2.78. The molecule has 2 rings (SSSR count). The molecule has 2 N–H and O–H groups in total. The molecule has 100 valence electrons. The molecule has 0 aliphatic heterocycles. The molecule has 0 aliphatic carbocycles. The first-order valence-corrected chi connectivity index (χ1v) is 6.87. The molecule has 0 amide bonds. The van der Waals surface area contributed by atoms with Gasteiger partial charge >= 0.3 is 5.97 Å². The van der Waals surface area contributed by atoms with Gasteiger partial charge in [0.1, 0.15) is 0 Å². The van der Waals surface area contributed by atoms with Crippen LogP contribution in [0.1, 0.15) is 21.0 Å². The molecule has 0 saturated heterocycles. The van der Waals surface area contributed by atoms with Gasteiger partial charge in [-0.15, -0.1) is 11.3 Å². The summed E-state index contributed by atoms with van der Waals surface area (Å²) in [7, 11) is 0. The number of thiophene rings is 1. The SMILES string of the molecule is Cc1cccnc1CNCc1ccc(CC(=O)O)s1. The van der Waals surface area contributed by atoms with Crippen molar-refractivity contribution in [3.63, 3.8) is 0 Å². The van der Waals surface area contributed by atoms with E-state index in [1.54, 1.807) is 6.20 Å². The highest BCUT2D eigenvalue weighted by Crippen LogP contribution is 2.17. The third-order valence-corrected chi connectivity index (χ3v) is 3.84. The molecule has 4 nitrogen and oxygen atoms in total. The summed E-state index contributed by atoms with van der Waals surface area (Å²) in [5.74, 6) is -0.787. The predicted molar refractivity (Wildman–Crippen MR) is 75.2 cm³/mol. The van der Waals surface area contributed by atoms with Crippen LogP contribution < -0.4 is 5.32 Å². The highest BCUT2D eigenvalue weighted by molar-refractivity contribution is 7.12. The van der Waals surface area contributed by atoms with Gasteiger partial charge < -0.3 is 10.4 Å². The third-order valence-electron chi connectivity index (χ3n) is 2.75. The van der Waals surface area contributed by atoms with Gasteiger partial charge in [-0.25, -0.2) is 0 Å². The summed E-state index contributed by atoms with van der Waals surface area (Å²) < 4.78 is 0. The van der Waals surface area contributed by atoms with E-state index in [0.29, 0.717) is 0 Å². The molecular weight excluding hydrogens is 260 g/mol. The van der Waals surface area contributed by atoms with Crippen molar-refractivity contribution in [1.29, 1.82) is 0 Å². The van der Waals surface area contributed by atoms with Crippen LogP contribution in [0.15, 0.2) is 30.5 Å². The van der Waals surface area contributed by atoms with Crippen molar-refractivity contribution in [1.82, 2.24) is 10.3 Å². The van der Waals surface area contributed by atoms with Crippen LogP contribution in [0.5, 0.6) is 0 Å². The second-order valence-corrected chi connectivity index (χ2v) is 5.56. The first kappa shape index (κ1) is 13.7. The Labute approximate surface area is 116 Å². The second-order valence-electron chi connectivity index (χ2n) is 4.31. The first-order chi connectivity index (χ1) is 9.15. The van der Waals surface area contributed by atoms with Gasteiger partial charge in [0, 0.05) is 29.0 Å². The number of carboxylic acid groups (broad SMARTS) is 1. The Bertz CT molecular complexity index is 566. The molecule has 2 aromatic heterocycles. The lowest BCUT2D eigenvalue weighted by molar-refractivity contribution is -0.136. The Balaban J connectivity index is 1.84. The zero-order chi connectivity index (χ0) is 13.7. The molecule has 0 atom stereocenters. The molecule has 0 bridgehead atoms. The van der Waals surface area contributed by atoms with Gasteiger partial charge in [0.15, 0.2) is 0 Å². The lowest BCUT2D eigenvalue weighted by Crippen LogP contribution is -2.13. The van der Waals surface area contributed by atoms with Crippen molar-refractivity contribution in [2.75, 3.05) is 0 Å². The van der Waals surface area contributed by atoms with Gasteiger partial charge in [0.2, 0.25) is 0 Å². The molecule has 0 fully saturated rings. The number of carboxylic acids is 1. The van der Waals surface area contributed by atoms with E-state index in [9.17, 15) is 4.79 Å². The zero-order valence-corrected chi connectivity index (χ0v) is 11.5. The second kappa shape index (κ2) is 6.45. The number of nitrogens with one attached hydrogen (secondary N) is 1. The van der Waals surface area contributed by atoms with Crippen molar-refractivity contribution < 1.29 is 9.90 Å². The number of hydrogen-bond donors (Lipinski definition) is 2. The number of aromatic nitrogens is 1. The normalized spacial score (nSPS) is 10.6. The molecule has 0 radical (unpaired) electrons. The largest absolute Gasteiger partial charge is 0.481 e. The van der Waals surface area contributed by atoms with Crippen molar-refractivity contribution in [3.8, 4) is 0 Å².